The first-order valence-corrected chi connectivity index (χ1v) is 12.2. The highest BCUT2D eigenvalue weighted by Gasteiger charge is 2.27. The summed E-state index contributed by atoms with van der Waals surface area (Å²) in [5.41, 5.74) is 0.534. The van der Waals surface area contributed by atoms with Gasteiger partial charge in [-0.25, -0.2) is 8.42 Å². The summed E-state index contributed by atoms with van der Waals surface area (Å²) < 4.78 is 33.8. The first-order valence-electron chi connectivity index (χ1n) is 9.87. The van der Waals surface area contributed by atoms with Crippen molar-refractivity contribution in [2.75, 3.05) is 18.4 Å². The molecule has 1 fully saturated rings. The molecule has 4 rings (SSSR count). The Morgan fingerprint density at radius 2 is 1.87 bits per heavy atom. The van der Waals surface area contributed by atoms with Crippen molar-refractivity contribution < 1.29 is 17.6 Å². The van der Waals surface area contributed by atoms with Gasteiger partial charge in [0.25, 0.3) is 0 Å². The number of nitrogens with one attached hydrogen (secondary N) is 1. The monoisotopic (exact) mass is 461 g/mol. The number of aromatic nitrogens is 3. The van der Waals surface area contributed by atoms with Crippen molar-refractivity contribution in [3.8, 4) is 11.6 Å². The normalized spacial score (nSPS) is 15.8. The van der Waals surface area contributed by atoms with Crippen molar-refractivity contribution >= 4 is 33.4 Å². The van der Waals surface area contributed by atoms with Crippen molar-refractivity contribution in [2.24, 2.45) is 7.05 Å². The van der Waals surface area contributed by atoms with Crippen LogP contribution >= 0.6 is 11.8 Å². The lowest BCUT2D eigenvalue weighted by Gasteiger charge is -2.16. The summed E-state index contributed by atoms with van der Waals surface area (Å²) in [6.07, 6.45) is 3.34. The maximum atomic E-state index is 12.6. The molecule has 1 N–H and O–H groups in total. The summed E-state index contributed by atoms with van der Waals surface area (Å²) in [6, 6.07) is 9.83. The predicted octanol–water partition coefficient (Wildman–Crippen LogP) is 2.98. The number of thioether (sulfide) groups is 1. The van der Waals surface area contributed by atoms with Gasteiger partial charge in [-0.2, -0.15) is 4.31 Å². The Hall–Kier alpha value is -2.63. The zero-order valence-electron chi connectivity index (χ0n) is 17.2. The fraction of sp³-hybridized carbons (Fsp3) is 0.350. The van der Waals surface area contributed by atoms with Crippen LogP contribution in [0.25, 0.3) is 11.6 Å². The molecule has 164 valence electrons. The molecule has 0 aliphatic carbocycles. The van der Waals surface area contributed by atoms with Crippen LogP contribution in [0.1, 0.15) is 19.8 Å². The van der Waals surface area contributed by atoms with E-state index in [0.717, 1.165) is 12.8 Å². The van der Waals surface area contributed by atoms with Crippen LogP contribution in [0, 0.1) is 0 Å². The highest BCUT2D eigenvalue weighted by molar-refractivity contribution is 8.00. The zero-order chi connectivity index (χ0) is 22.0. The number of hydrogen-bond donors (Lipinski definition) is 1. The fourth-order valence-corrected chi connectivity index (χ4v) is 5.61. The van der Waals surface area contributed by atoms with E-state index in [1.807, 2.05) is 7.05 Å². The lowest BCUT2D eigenvalue weighted by molar-refractivity contribution is -0.115. The van der Waals surface area contributed by atoms with Gasteiger partial charge in [-0.05, 0) is 56.2 Å². The lowest BCUT2D eigenvalue weighted by atomic mass is 10.3. The zero-order valence-corrected chi connectivity index (χ0v) is 18.8. The van der Waals surface area contributed by atoms with Gasteiger partial charge in [0.15, 0.2) is 16.7 Å². The molecule has 11 heteroatoms. The van der Waals surface area contributed by atoms with Gasteiger partial charge in [-0.15, -0.1) is 10.2 Å². The number of rotatable bonds is 7. The van der Waals surface area contributed by atoms with E-state index in [1.165, 1.54) is 28.2 Å². The third-order valence-corrected chi connectivity index (χ3v) is 8.10. The highest BCUT2D eigenvalue weighted by Crippen LogP contribution is 2.27. The van der Waals surface area contributed by atoms with E-state index in [4.69, 9.17) is 4.42 Å². The molecule has 1 saturated heterocycles. The second-order valence-corrected chi connectivity index (χ2v) is 10.5. The van der Waals surface area contributed by atoms with Gasteiger partial charge in [-0.1, -0.05) is 11.8 Å². The topological polar surface area (TPSA) is 110 Å². The minimum atomic E-state index is -3.47. The van der Waals surface area contributed by atoms with E-state index in [2.05, 4.69) is 15.5 Å². The van der Waals surface area contributed by atoms with E-state index in [1.54, 1.807) is 42.0 Å². The maximum Gasteiger partial charge on any atom is 0.243 e. The Morgan fingerprint density at radius 1 is 1.16 bits per heavy atom. The first-order chi connectivity index (χ1) is 14.9. The molecule has 31 heavy (non-hydrogen) atoms. The summed E-state index contributed by atoms with van der Waals surface area (Å²) in [5.74, 6) is 0.959. The summed E-state index contributed by atoms with van der Waals surface area (Å²) in [5, 5.41) is 11.2. The summed E-state index contributed by atoms with van der Waals surface area (Å²) in [7, 11) is -1.66. The van der Waals surface area contributed by atoms with Gasteiger partial charge >= 0.3 is 0 Å². The highest BCUT2D eigenvalue weighted by atomic mass is 32.2. The molecule has 0 bridgehead atoms. The van der Waals surface area contributed by atoms with Crippen molar-refractivity contribution in [2.45, 2.75) is 35.1 Å². The standard InChI is InChI=1S/C20H23N5O4S2/c1-14(30-20-23-22-18(24(20)2)17-6-5-13-29-17)19(26)21-15-7-9-16(10-8-15)31(27,28)25-11-3-4-12-25/h5-10,13-14H,3-4,11-12H2,1-2H3,(H,21,26)/t14-/m0/s1. The number of carbonyl (C=O) groups is 1. The van der Waals surface area contributed by atoms with Gasteiger partial charge in [-0.3, -0.25) is 4.79 Å². The Labute approximate surface area is 184 Å². The molecule has 0 spiro atoms. The van der Waals surface area contributed by atoms with Gasteiger partial charge < -0.3 is 14.3 Å². The third kappa shape index (κ3) is 4.53. The van der Waals surface area contributed by atoms with Gasteiger partial charge in [0.2, 0.25) is 15.9 Å². The molecule has 0 unspecified atom stereocenters. The second-order valence-electron chi connectivity index (χ2n) is 7.23. The third-order valence-electron chi connectivity index (χ3n) is 5.05. The van der Waals surface area contributed by atoms with E-state index in [0.29, 0.717) is 35.5 Å². The number of furan rings is 1. The Morgan fingerprint density at radius 3 is 2.52 bits per heavy atom. The largest absolute Gasteiger partial charge is 0.461 e. The molecule has 3 heterocycles. The van der Waals surface area contributed by atoms with E-state index >= 15 is 0 Å². The van der Waals surface area contributed by atoms with Crippen molar-refractivity contribution in [1.29, 1.82) is 0 Å². The number of sulfonamides is 1. The molecule has 3 aromatic rings. The number of benzene rings is 1. The number of amides is 1. The quantitative estimate of drug-likeness (QED) is 0.539. The van der Waals surface area contributed by atoms with Crippen LogP contribution in [0.2, 0.25) is 0 Å². The molecular formula is C20H23N5O4S2. The van der Waals surface area contributed by atoms with Crippen LogP contribution < -0.4 is 5.32 Å². The van der Waals surface area contributed by atoms with Crippen molar-refractivity contribution in [3.05, 3.63) is 42.7 Å². The molecule has 1 atom stereocenters. The van der Waals surface area contributed by atoms with Gasteiger partial charge in [0, 0.05) is 25.8 Å². The molecule has 1 amide bonds. The van der Waals surface area contributed by atoms with Crippen molar-refractivity contribution in [3.63, 3.8) is 0 Å². The number of carbonyl (C=O) groups excluding carboxylic acids is 1. The summed E-state index contributed by atoms with van der Waals surface area (Å²) in [4.78, 5) is 12.9. The van der Waals surface area contributed by atoms with Crippen LogP contribution in [-0.4, -0.2) is 51.7 Å². The average molecular weight is 462 g/mol. The Balaban J connectivity index is 1.39. The fourth-order valence-electron chi connectivity index (χ4n) is 3.28. The Kier molecular flexibility index (Phi) is 6.17. The molecule has 1 aliphatic rings. The number of nitrogens with zero attached hydrogens (tertiary/aromatic N) is 4. The minimum Gasteiger partial charge on any atom is -0.461 e. The average Bonchev–Trinajstić information content (AvgIpc) is 3.51. The predicted molar refractivity (Wildman–Crippen MR) is 117 cm³/mol. The van der Waals surface area contributed by atoms with Crippen LogP contribution in [0.4, 0.5) is 5.69 Å². The summed E-state index contributed by atoms with van der Waals surface area (Å²) >= 11 is 1.27. The van der Waals surface area contributed by atoms with Crippen molar-refractivity contribution in [1.82, 2.24) is 19.1 Å². The maximum absolute atomic E-state index is 12.6. The van der Waals surface area contributed by atoms with Gasteiger partial charge in [0.05, 0.1) is 16.4 Å². The Bertz CT molecular complexity index is 1150. The molecule has 1 aromatic carbocycles. The van der Waals surface area contributed by atoms with Crippen LogP contribution in [0.3, 0.4) is 0 Å². The minimum absolute atomic E-state index is 0.220. The number of hydrogen-bond acceptors (Lipinski definition) is 7. The molecule has 0 saturated carbocycles. The second kappa shape index (κ2) is 8.85. The number of anilines is 1. The van der Waals surface area contributed by atoms with E-state index in [-0.39, 0.29) is 10.8 Å². The molecular weight excluding hydrogens is 438 g/mol. The first kappa shape index (κ1) is 21.6. The van der Waals surface area contributed by atoms with Crippen LogP contribution in [-0.2, 0) is 21.9 Å². The molecule has 2 aromatic heterocycles. The lowest BCUT2D eigenvalue weighted by Crippen LogP contribution is -2.27. The smallest absolute Gasteiger partial charge is 0.243 e. The molecule has 9 nitrogen and oxygen atoms in total. The van der Waals surface area contributed by atoms with Crippen LogP contribution in [0.5, 0.6) is 0 Å². The van der Waals surface area contributed by atoms with E-state index in [9.17, 15) is 13.2 Å². The molecule has 1 aliphatic heterocycles. The SMILES string of the molecule is C[C@H](Sc1nnc(-c2ccco2)n1C)C(=O)Nc1ccc(S(=O)(=O)N2CCCC2)cc1. The molecule has 0 radical (unpaired) electrons. The van der Waals surface area contributed by atoms with E-state index < -0.39 is 15.3 Å². The van der Waals surface area contributed by atoms with Gasteiger partial charge in [0.1, 0.15) is 0 Å². The van der Waals surface area contributed by atoms with Crippen LogP contribution in [0.15, 0.2) is 57.1 Å². The summed E-state index contributed by atoms with van der Waals surface area (Å²) in [6.45, 7) is 2.88.